The Balaban J connectivity index is 1.70. The van der Waals surface area contributed by atoms with Gasteiger partial charge in [0, 0.05) is 37.8 Å². The van der Waals surface area contributed by atoms with Crippen LogP contribution in [0, 0.1) is 0 Å². The van der Waals surface area contributed by atoms with Crippen LogP contribution in [-0.4, -0.2) is 54.5 Å². The maximum atomic E-state index is 12.0. The van der Waals surface area contributed by atoms with E-state index in [0.717, 1.165) is 43.6 Å². The Morgan fingerprint density at radius 2 is 2.12 bits per heavy atom. The van der Waals surface area contributed by atoms with E-state index in [1.807, 2.05) is 29.2 Å². The van der Waals surface area contributed by atoms with E-state index >= 15 is 0 Å². The molecular weight excluding hydrogens is 328 g/mol. The van der Waals surface area contributed by atoms with Gasteiger partial charge in [0.2, 0.25) is 5.91 Å². The molecule has 0 atom stereocenters. The van der Waals surface area contributed by atoms with Gasteiger partial charge in [-0.3, -0.25) is 4.79 Å². The van der Waals surface area contributed by atoms with Crippen molar-refractivity contribution in [3.8, 4) is 0 Å². The summed E-state index contributed by atoms with van der Waals surface area (Å²) in [6.07, 6.45) is 3.61. The van der Waals surface area contributed by atoms with Gasteiger partial charge in [-0.25, -0.2) is 4.79 Å². The molecule has 0 radical (unpaired) electrons. The predicted octanol–water partition coefficient (Wildman–Crippen LogP) is 3.05. The van der Waals surface area contributed by atoms with E-state index < -0.39 is 0 Å². The summed E-state index contributed by atoms with van der Waals surface area (Å²) in [6, 6.07) is 8.06. The third-order valence-corrected chi connectivity index (χ3v) is 4.83. The average molecular weight is 361 g/mol. The number of urea groups is 1. The van der Waals surface area contributed by atoms with Crippen LogP contribution in [0.2, 0.25) is 0 Å². The lowest BCUT2D eigenvalue weighted by molar-refractivity contribution is -0.128. The first-order valence-electron chi connectivity index (χ1n) is 9.57. The van der Waals surface area contributed by atoms with E-state index in [1.165, 1.54) is 0 Å². The Bertz CT molecular complexity index is 603. The van der Waals surface area contributed by atoms with Gasteiger partial charge in [-0.15, -0.1) is 0 Å². The molecule has 1 aromatic carbocycles. The van der Waals surface area contributed by atoms with Crippen LogP contribution < -0.4 is 10.6 Å². The maximum Gasteiger partial charge on any atom is 0.319 e. The zero-order valence-corrected chi connectivity index (χ0v) is 16.3. The van der Waals surface area contributed by atoms with Crippen LogP contribution in [0.4, 0.5) is 10.5 Å². The summed E-state index contributed by atoms with van der Waals surface area (Å²) < 4.78 is 0. The smallest absolute Gasteiger partial charge is 0.319 e. The lowest BCUT2D eigenvalue weighted by Crippen LogP contribution is -2.31. The number of nitrogens with zero attached hydrogens (tertiary/aromatic N) is 2. The minimum absolute atomic E-state index is 0.184. The summed E-state index contributed by atoms with van der Waals surface area (Å²) in [7, 11) is 2.12. The number of unbranched alkanes of at least 4 members (excludes halogenated alkanes) is 1. The normalized spacial score (nSPS) is 14.3. The van der Waals surface area contributed by atoms with Crippen molar-refractivity contribution in [2.24, 2.45) is 0 Å². The average Bonchev–Trinajstić information content (AvgIpc) is 2.99. The van der Waals surface area contributed by atoms with Crippen molar-refractivity contribution in [2.45, 2.75) is 52.1 Å². The molecule has 0 unspecified atom stereocenters. The van der Waals surface area contributed by atoms with Crippen molar-refractivity contribution >= 4 is 17.6 Å². The van der Waals surface area contributed by atoms with Crippen LogP contribution >= 0.6 is 0 Å². The molecule has 0 bridgehead atoms. The van der Waals surface area contributed by atoms with Crippen LogP contribution in [0.3, 0.4) is 0 Å². The van der Waals surface area contributed by atoms with Crippen molar-refractivity contribution in [2.75, 3.05) is 32.0 Å². The van der Waals surface area contributed by atoms with E-state index in [2.05, 4.69) is 36.4 Å². The number of anilines is 1. The topological polar surface area (TPSA) is 64.7 Å². The minimum Gasteiger partial charge on any atom is -0.338 e. The number of carbonyl (C=O) groups is 2. The zero-order chi connectivity index (χ0) is 18.9. The number of likely N-dealkylation sites (tertiary alicyclic amines) is 1. The molecule has 6 nitrogen and oxygen atoms in total. The highest BCUT2D eigenvalue weighted by Gasteiger charge is 2.20. The minimum atomic E-state index is -0.184. The Morgan fingerprint density at radius 3 is 2.81 bits per heavy atom. The number of benzene rings is 1. The van der Waals surface area contributed by atoms with E-state index in [9.17, 15) is 9.59 Å². The van der Waals surface area contributed by atoms with E-state index in [1.54, 1.807) is 0 Å². The summed E-state index contributed by atoms with van der Waals surface area (Å²) in [5.41, 5.74) is 1.79. The van der Waals surface area contributed by atoms with Crippen molar-refractivity contribution in [1.82, 2.24) is 15.1 Å². The highest BCUT2D eigenvalue weighted by atomic mass is 16.2. The number of nitrogens with one attached hydrogen (secondary N) is 2. The van der Waals surface area contributed by atoms with Crippen LogP contribution in [-0.2, 0) is 11.3 Å². The lowest BCUT2D eigenvalue weighted by atomic mass is 10.2. The van der Waals surface area contributed by atoms with E-state index in [4.69, 9.17) is 0 Å². The Kier molecular flexibility index (Phi) is 7.91. The van der Waals surface area contributed by atoms with Crippen LogP contribution in [0.15, 0.2) is 24.3 Å². The van der Waals surface area contributed by atoms with Crippen molar-refractivity contribution in [3.05, 3.63) is 29.8 Å². The molecule has 144 valence electrons. The third kappa shape index (κ3) is 6.67. The first kappa shape index (κ1) is 20.2. The Labute approximate surface area is 156 Å². The number of carbonyl (C=O) groups excluding carboxylic acids is 2. The third-order valence-electron chi connectivity index (χ3n) is 4.83. The number of hydrogen-bond donors (Lipinski definition) is 2. The fourth-order valence-electron chi connectivity index (χ4n) is 2.96. The molecule has 6 heteroatoms. The van der Waals surface area contributed by atoms with Crippen LogP contribution in [0.1, 0.15) is 45.1 Å². The summed E-state index contributed by atoms with van der Waals surface area (Å²) in [4.78, 5) is 27.9. The second-order valence-corrected chi connectivity index (χ2v) is 7.28. The Hall–Kier alpha value is -2.08. The fraction of sp³-hybridized carbons (Fsp3) is 0.600. The molecule has 1 aliphatic rings. The summed E-state index contributed by atoms with van der Waals surface area (Å²) in [6.45, 7) is 7.50. The largest absolute Gasteiger partial charge is 0.338 e. The number of amides is 3. The quantitative estimate of drug-likeness (QED) is 0.665. The van der Waals surface area contributed by atoms with Gasteiger partial charge in [0.25, 0.3) is 0 Å². The molecule has 1 aromatic rings. The Morgan fingerprint density at radius 1 is 1.31 bits per heavy atom. The molecule has 1 aliphatic heterocycles. The van der Waals surface area contributed by atoms with Crippen molar-refractivity contribution < 1.29 is 9.59 Å². The SMILES string of the molecule is CC(C)N(C)CCCCNC(=O)Nc1cccc(CN2CCCC2=O)c1. The first-order valence-corrected chi connectivity index (χ1v) is 9.57. The molecule has 0 saturated carbocycles. The fourth-order valence-corrected chi connectivity index (χ4v) is 2.96. The molecule has 2 rings (SSSR count). The monoisotopic (exact) mass is 360 g/mol. The molecule has 0 aliphatic carbocycles. The number of rotatable bonds is 9. The van der Waals surface area contributed by atoms with Gasteiger partial charge in [0.05, 0.1) is 0 Å². The van der Waals surface area contributed by atoms with Gasteiger partial charge in [0.1, 0.15) is 0 Å². The second kappa shape index (κ2) is 10.2. The van der Waals surface area contributed by atoms with Crippen molar-refractivity contribution in [1.29, 1.82) is 0 Å². The second-order valence-electron chi connectivity index (χ2n) is 7.28. The zero-order valence-electron chi connectivity index (χ0n) is 16.3. The van der Waals surface area contributed by atoms with Crippen LogP contribution in [0.5, 0.6) is 0 Å². The molecular formula is C20H32N4O2. The van der Waals surface area contributed by atoms with Gasteiger partial charge in [-0.1, -0.05) is 12.1 Å². The standard InChI is InChI=1S/C20H32N4O2/c1-16(2)23(3)12-5-4-11-21-20(26)22-18-9-6-8-17(14-18)15-24-13-7-10-19(24)25/h6,8-9,14,16H,4-5,7,10-13,15H2,1-3H3,(H2,21,22,26). The molecule has 1 heterocycles. The molecule has 2 N–H and O–H groups in total. The van der Waals surface area contributed by atoms with E-state index in [0.29, 0.717) is 25.6 Å². The highest BCUT2D eigenvalue weighted by Crippen LogP contribution is 2.17. The molecule has 1 fully saturated rings. The van der Waals surface area contributed by atoms with Gasteiger partial charge >= 0.3 is 6.03 Å². The predicted molar refractivity (Wildman–Crippen MR) is 105 cm³/mol. The molecule has 26 heavy (non-hydrogen) atoms. The molecule has 1 saturated heterocycles. The van der Waals surface area contributed by atoms with Gasteiger partial charge in [-0.05, 0) is 64.4 Å². The van der Waals surface area contributed by atoms with Crippen molar-refractivity contribution in [3.63, 3.8) is 0 Å². The number of hydrogen-bond acceptors (Lipinski definition) is 3. The molecule has 0 spiro atoms. The first-order chi connectivity index (χ1) is 12.5. The highest BCUT2D eigenvalue weighted by molar-refractivity contribution is 5.89. The van der Waals surface area contributed by atoms with Gasteiger partial charge < -0.3 is 20.4 Å². The lowest BCUT2D eigenvalue weighted by Gasteiger charge is -2.20. The molecule has 0 aromatic heterocycles. The molecule has 3 amide bonds. The maximum absolute atomic E-state index is 12.0. The van der Waals surface area contributed by atoms with E-state index in [-0.39, 0.29) is 11.9 Å². The van der Waals surface area contributed by atoms with Gasteiger partial charge in [0.15, 0.2) is 0 Å². The van der Waals surface area contributed by atoms with Gasteiger partial charge in [-0.2, -0.15) is 0 Å². The summed E-state index contributed by atoms with van der Waals surface area (Å²) in [5, 5.41) is 5.77. The summed E-state index contributed by atoms with van der Waals surface area (Å²) in [5.74, 6) is 0.212. The van der Waals surface area contributed by atoms with Crippen LogP contribution in [0.25, 0.3) is 0 Å². The summed E-state index contributed by atoms with van der Waals surface area (Å²) >= 11 is 0.